The molecule has 0 saturated carbocycles. The molecule has 0 aromatic heterocycles. The summed E-state index contributed by atoms with van der Waals surface area (Å²) in [6, 6.07) is 7.13. The monoisotopic (exact) mass is 206 g/mol. The third-order valence-corrected chi connectivity index (χ3v) is 2.06. The molecule has 0 fully saturated rings. The van der Waals surface area contributed by atoms with Gasteiger partial charge in [0.2, 0.25) is 5.91 Å². The van der Waals surface area contributed by atoms with E-state index in [2.05, 4.69) is 10.5 Å². The highest BCUT2D eigenvalue weighted by Crippen LogP contribution is 2.10. The van der Waals surface area contributed by atoms with Gasteiger partial charge in [-0.1, -0.05) is 24.2 Å². The van der Waals surface area contributed by atoms with Crippen LogP contribution >= 0.6 is 0 Å². The Balaban J connectivity index is 2.77. The molecule has 0 radical (unpaired) electrons. The molecule has 0 saturated heterocycles. The van der Waals surface area contributed by atoms with Crippen LogP contribution in [0.25, 0.3) is 0 Å². The van der Waals surface area contributed by atoms with E-state index in [-0.39, 0.29) is 5.91 Å². The lowest BCUT2D eigenvalue weighted by Gasteiger charge is -2.04. The molecule has 0 unspecified atom stereocenters. The third kappa shape index (κ3) is 3.09. The predicted molar refractivity (Wildman–Crippen MR) is 59.4 cm³/mol. The maximum Gasteiger partial charge on any atom is 0.224 e. The van der Waals surface area contributed by atoms with Gasteiger partial charge in [-0.2, -0.15) is 0 Å². The van der Waals surface area contributed by atoms with Crippen LogP contribution in [0.15, 0.2) is 29.4 Å². The smallest absolute Gasteiger partial charge is 0.224 e. The minimum atomic E-state index is -0.0182. The van der Waals surface area contributed by atoms with E-state index in [1.165, 1.54) is 0 Å². The van der Waals surface area contributed by atoms with Gasteiger partial charge in [-0.05, 0) is 24.6 Å². The van der Waals surface area contributed by atoms with Crippen molar-refractivity contribution < 1.29 is 10.0 Å². The first kappa shape index (κ1) is 11.2. The van der Waals surface area contributed by atoms with E-state index in [1.807, 2.05) is 0 Å². The van der Waals surface area contributed by atoms with Crippen LogP contribution in [0.1, 0.15) is 25.8 Å². The molecule has 1 rings (SSSR count). The van der Waals surface area contributed by atoms with E-state index in [4.69, 9.17) is 5.21 Å². The van der Waals surface area contributed by atoms with Gasteiger partial charge in [0.15, 0.2) is 0 Å². The highest BCUT2D eigenvalue weighted by Gasteiger charge is 2.00. The fourth-order valence-corrected chi connectivity index (χ4v) is 1.10. The topological polar surface area (TPSA) is 61.7 Å². The molecule has 0 heterocycles. The summed E-state index contributed by atoms with van der Waals surface area (Å²) >= 11 is 0. The molecule has 80 valence electrons. The van der Waals surface area contributed by atoms with Crippen molar-refractivity contribution in [3.05, 3.63) is 29.8 Å². The van der Waals surface area contributed by atoms with Gasteiger partial charge in [-0.15, -0.1) is 0 Å². The van der Waals surface area contributed by atoms with Crippen LogP contribution in [-0.2, 0) is 4.79 Å². The predicted octanol–water partition coefficient (Wildman–Crippen LogP) is 2.23. The molecule has 1 amide bonds. The Kier molecular flexibility index (Phi) is 3.85. The van der Waals surface area contributed by atoms with Crippen LogP contribution in [0.5, 0.6) is 0 Å². The lowest BCUT2D eigenvalue weighted by molar-refractivity contribution is -0.115. The van der Waals surface area contributed by atoms with Gasteiger partial charge in [-0.3, -0.25) is 4.79 Å². The first-order valence-corrected chi connectivity index (χ1v) is 4.76. The summed E-state index contributed by atoms with van der Waals surface area (Å²) in [6.07, 6.45) is 0.457. The lowest BCUT2D eigenvalue weighted by Crippen LogP contribution is -2.09. The fraction of sp³-hybridized carbons (Fsp3) is 0.273. The quantitative estimate of drug-likeness (QED) is 0.452. The maximum absolute atomic E-state index is 11.1. The molecule has 0 aliphatic heterocycles. The average molecular weight is 206 g/mol. The van der Waals surface area contributed by atoms with Gasteiger partial charge in [-0.25, -0.2) is 0 Å². The second-order valence-corrected chi connectivity index (χ2v) is 3.16. The Labute approximate surface area is 88.6 Å². The highest BCUT2D eigenvalue weighted by molar-refractivity contribution is 5.99. The molecule has 0 aliphatic rings. The van der Waals surface area contributed by atoms with Crippen LogP contribution in [0, 0.1) is 0 Å². The molecule has 0 bridgehead atoms. The SMILES string of the molecule is CCC(=O)Nc1ccc(C(C)=NO)cc1. The van der Waals surface area contributed by atoms with E-state index in [1.54, 1.807) is 38.1 Å². The first-order chi connectivity index (χ1) is 7.17. The van der Waals surface area contributed by atoms with Crippen molar-refractivity contribution in [3.8, 4) is 0 Å². The molecule has 1 aromatic carbocycles. The Morgan fingerprint density at radius 2 is 2.00 bits per heavy atom. The maximum atomic E-state index is 11.1. The number of rotatable bonds is 3. The second-order valence-electron chi connectivity index (χ2n) is 3.16. The number of nitrogens with one attached hydrogen (secondary N) is 1. The number of benzene rings is 1. The summed E-state index contributed by atoms with van der Waals surface area (Å²) in [5.41, 5.74) is 2.12. The first-order valence-electron chi connectivity index (χ1n) is 4.76. The van der Waals surface area contributed by atoms with Crippen molar-refractivity contribution >= 4 is 17.3 Å². The van der Waals surface area contributed by atoms with Crippen molar-refractivity contribution in [2.45, 2.75) is 20.3 Å². The molecule has 0 spiro atoms. The zero-order valence-corrected chi connectivity index (χ0v) is 8.82. The molecular weight excluding hydrogens is 192 g/mol. The van der Waals surface area contributed by atoms with Gasteiger partial charge < -0.3 is 10.5 Å². The van der Waals surface area contributed by atoms with E-state index in [0.29, 0.717) is 12.1 Å². The van der Waals surface area contributed by atoms with Gasteiger partial charge in [0.05, 0.1) is 5.71 Å². The zero-order valence-electron chi connectivity index (χ0n) is 8.82. The second kappa shape index (κ2) is 5.14. The zero-order chi connectivity index (χ0) is 11.3. The van der Waals surface area contributed by atoms with E-state index < -0.39 is 0 Å². The van der Waals surface area contributed by atoms with Gasteiger partial charge in [0.1, 0.15) is 0 Å². The number of oxime groups is 1. The molecule has 4 nitrogen and oxygen atoms in total. The van der Waals surface area contributed by atoms with Crippen molar-refractivity contribution in [2.75, 3.05) is 5.32 Å². The van der Waals surface area contributed by atoms with Crippen LogP contribution in [0.4, 0.5) is 5.69 Å². The summed E-state index contributed by atoms with van der Waals surface area (Å²) in [4.78, 5) is 11.1. The van der Waals surface area contributed by atoms with Crippen molar-refractivity contribution in [1.29, 1.82) is 0 Å². The normalized spacial score (nSPS) is 11.2. The number of carbonyl (C=O) groups excluding carboxylic acids is 1. The minimum absolute atomic E-state index is 0.0182. The van der Waals surface area contributed by atoms with E-state index in [0.717, 1.165) is 11.3 Å². The molecule has 4 heteroatoms. The Bertz CT molecular complexity index is 369. The van der Waals surface area contributed by atoms with Crippen LogP contribution in [0.2, 0.25) is 0 Å². The van der Waals surface area contributed by atoms with E-state index in [9.17, 15) is 4.79 Å². The summed E-state index contributed by atoms with van der Waals surface area (Å²) in [5, 5.41) is 14.4. The number of amides is 1. The number of hydrogen-bond acceptors (Lipinski definition) is 3. The molecule has 15 heavy (non-hydrogen) atoms. The van der Waals surface area contributed by atoms with Crippen LogP contribution in [-0.4, -0.2) is 16.8 Å². The molecule has 1 aromatic rings. The summed E-state index contributed by atoms with van der Waals surface area (Å²) in [7, 11) is 0. The fourth-order valence-electron chi connectivity index (χ4n) is 1.10. The average Bonchev–Trinajstić information content (AvgIpc) is 2.29. The number of nitrogens with zero attached hydrogens (tertiary/aromatic N) is 1. The van der Waals surface area contributed by atoms with Crippen molar-refractivity contribution in [1.82, 2.24) is 0 Å². The van der Waals surface area contributed by atoms with Crippen molar-refractivity contribution in [3.63, 3.8) is 0 Å². The molecule has 0 aliphatic carbocycles. The van der Waals surface area contributed by atoms with Crippen molar-refractivity contribution in [2.24, 2.45) is 5.16 Å². The minimum Gasteiger partial charge on any atom is -0.411 e. The molecule has 2 N–H and O–H groups in total. The third-order valence-electron chi connectivity index (χ3n) is 2.06. The molecule has 0 atom stereocenters. The summed E-state index contributed by atoms with van der Waals surface area (Å²) in [6.45, 7) is 3.51. The standard InChI is InChI=1S/C11H14N2O2/c1-3-11(14)12-10-6-4-9(5-7-10)8(2)13-15/h4-7,15H,3H2,1-2H3,(H,12,14). The van der Waals surface area contributed by atoms with Gasteiger partial charge >= 0.3 is 0 Å². The number of anilines is 1. The highest BCUT2D eigenvalue weighted by atomic mass is 16.4. The largest absolute Gasteiger partial charge is 0.411 e. The Morgan fingerprint density at radius 3 is 2.47 bits per heavy atom. The van der Waals surface area contributed by atoms with Gasteiger partial charge in [0.25, 0.3) is 0 Å². The van der Waals surface area contributed by atoms with Gasteiger partial charge in [0, 0.05) is 12.1 Å². The number of hydrogen-bond donors (Lipinski definition) is 2. The lowest BCUT2D eigenvalue weighted by atomic mass is 10.1. The summed E-state index contributed by atoms with van der Waals surface area (Å²) < 4.78 is 0. The summed E-state index contributed by atoms with van der Waals surface area (Å²) in [5.74, 6) is -0.0182. The van der Waals surface area contributed by atoms with E-state index >= 15 is 0 Å². The van der Waals surface area contributed by atoms with Crippen LogP contribution in [0.3, 0.4) is 0 Å². The Morgan fingerprint density at radius 1 is 1.40 bits per heavy atom. The number of carbonyl (C=O) groups is 1. The Hall–Kier alpha value is -1.84. The van der Waals surface area contributed by atoms with Crippen LogP contribution < -0.4 is 5.32 Å². The molecular formula is C11H14N2O2.